The van der Waals surface area contributed by atoms with Crippen LogP contribution in [0.15, 0.2) is 73.1 Å². The number of hydrogen-bond acceptors (Lipinski definition) is 7. The monoisotopic (exact) mass is 671 g/mol. The van der Waals surface area contributed by atoms with Crippen LogP contribution in [-0.2, 0) is 44.2 Å². The minimum Gasteiger partial charge on any atom is -0.497 e. The number of alkyl halides is 6. The van der Waals surface area contributed by atoms with Crippen LogP contribution in [-0.4, -0.2) is 76.7 Å². The standard InChI is InChI=1S/C27H29N3O3.2C2HF3O2/c1-32-23-7-4-5-21(15-23)17-30-18-22-6-2-3-8-24(22)27(30)16-25(33-19-27)26(31)29-14-11-20-9-12-28-13-10-20;2*3-2(4,5)1(6)7/h2-10,12-13,15,25H,11,14,16-19H2,1H3,(H,29,31);2*(H,6,7). The van der Waals surface area contributed by atoms with Crippen LogP contribution < -0.4 is 10.1 Å². The average molecular weight is 672 g/mol. The molecular weight excluding hydrogens is 640 g/mol. The molecule has 1 aromatic heterocycles. The van der Waals surface area contributed by atoms with E-state index in [0.717, 1.165) is 30.8 Å². The molecule has 254 valence electrons. The molecule has 1 amide bonds. The van der Waals surface area contributed by atoms with Crippen molar-refractivity contribution in [1.29, 1.82) is 0 Å². The number of nitrogens with one attached hydrogen (secondary N) is 1. The summed E-state index contributed by atoms with van der Waals surface area (Å²) in [7, 11) is 1.69. The molecule has 1 fully saturated rings. The summed E-state index contributed by atoms with van der Waals surface area (Å²) in [5.74, 6) is -4.70. The van der Waals surface area contributed by atoms with E-state index in [1.807, 2.05) is 24.3 Å². The summed E-state index contributed by atoms with van der Waals surface area (Å²) < 4.78 is 75.0. The van der Waals surface area contributed by atoms with Crippen LogP contribution in [0.25, 0.3) is 0 Å². The quantitative estimate of drug-likeness (QED) is 0.305. The zero-order valence-corrected chi connectivity index (χ0v) is 24.8. The number of carboxylic acids is 2. The van der Waals surface area contributed by atoms with Crippen molar-refractivity contribution in [3.8, 4) is 5.75 Å². The molecule has 2 aromatic carbocycles. The van der Waals surface area contributed by atoms with Gasteiger partial charge in [0.15, 0.2) is 0 Å². The Morgan fingerprint density at radius 3 is 2.17 bits per heavy atom. The molecule has 0 bridgehead atoms. The van der Waals surface area contributed by atoms with Gasteiger partial charge in [-0.15, -0.1) is 0 Å². The van der Waals surface area contributed by atoms with Crippen molar-refractivity contribution in [2.45, 2.75) is 49.9 Å². The smallest absolute Gasteiger partial charge is 0.490 e. The number of pyridine rings is 1. The number of amides is 1. The van der Waals surface area contributed by atoms with Crippen molar-refractivity contribution >= 4 is 17.8 Å². The molecule has 2 unspecified atom stereocenters. The zero-order chi connectivity index (χ0) is 34.8. The van der Waals surface area contributed by atoms with Crippen molar-refractivity contribution in [2.75, 3.05) is 20.3 Å². The van der Waals surface area contributed by atoms with Crippen LogP contribution >= 0.6 is 0 Å². The summed E-state index contributed by atoms with van der Waals surface area (Å²) >= 11 is 0. The summed E-state index contributed by atoms with van der Waals surface area (Å²) in [6.07, 6.45) is -5.65. The minimum atomic E-state index is -5.08. The summed E-state index contributed by atoms with van der Waals surface area (Å²) in [5, 5.41) is 17.3. The molecule has 16 heteroatoms. The Bertz CT molecular complexity index is 1500. The average Bonchev–Trinajstić information content (AvgIpc) is 3.60. The Hall–Kier alpha value is -4.70. The maximum absolute atomic E-state index is 13.0. The van der Waals surface area contributed by atoms with E-state index >= 15 is 0 Å². The van der Waals surface area contributed by atoms with E-state index in [9.17, 15) is 31.1 Å². The van der Waals surface area contributed by atoms with Crippen molar-refractivity contribution in [1.82, 2.24) is 15.2 Å². The number of carbonyl (C=O) groups is 3. The number of nitrogens with zero attached hydrogens (tertiary/aromatic N) is 2. The molecule has 3 aromatic rings. The van der Waals surface area contributed by atoms with Gasteiger partial charge in [0.1, 0.15) is 11.9 Å². The lowest BCUT2D eigenvalue weighted by molar-refractivity contribution is -0.193. The van der Waals surface area contributed by atoms with Crippen LogP contribution in [0.5, 0.6) is 5.75 Å². The maximum Gasteiger partial charge on any atom is 0.490 e. The zero-order valence-electron chi connectivity index (χ0n) is 24.8. The minimum absolute atomic E-state index is 0.0355. The van der Waals surface area contributed by atoms with Crippen LogP contribution in [0.3, 0.4) is 0 Å². The van der Waals surface area contributed by atoms with E-state index < -0.39 is 30.4 Å². The first-order valence-electron chi connectivity index (χ1n) is 13.9. The largest absolute Gasteiger partial charge is 0.497 e. The Balaban J connectivity index is 0.000000360. The van der Waals surface area contributed by atoms with E-state index in [4.69, 9.17) is 29.3 Å². The van der Waals surface area contributed by atoms with Crippen molar-refractivity contribution < 1.29 is 60.4 Å². The summed E-state index contributed by atoms with van der Waals surface area (Å²) in [4.78, 5) is 37.2. The molecule has 0 radical (unpaired) electrons. The molecular formula is C31H31F6N3O7. The molecule has 3 heterocycles. The highest BCUT2D eigenvalue weighted by Crippen LogP contribution is 2.47. The van der Waals surface area contributed by atoms with Gasteiger partial charge < -0.3 is 25.0 Å². The first-order chi connectivity index (χ1) is 22.1. The molecule has 2 atom stereocenters. The second-order valence-electron chi connectivity index (χ2n) is 10.4. The lowest BCUT2D eigenvalue weighted by Gasteiger charge is -2.35. The number of hydrogen-bond donors (Lipinski definition) is 3. The number of carboxylic acid groups (broad SMARTS) is 2. The summed E-state index contributed by atoms with van der Waals surface area (Å²) in [5.41, 5.74) is 4.63. The molecule has 10 nitrogen and oxygen atoms in total. The number of aliphatic carboxylic acids is 2. The van der Waals surface area contributed by atoms with E-state index in [-0.39, 0.29) is 11.4 Å². The third kappa shape index (κ3) is 10.1. The lowest BCUT2D eigenvalue weighted by Crippen LogP contribution is -2.42. The molecule has 2 aliphatic heterocycles. The van der Waals surface area contributed by atoms with Gasteiger partial charge in [0.2, 0.25) is 5.91 Å². The van der Waals surface area contributed by atoms with Gasteiger partial charge >= 0.3 is 24.3 Å². The van der Waals surface area contributed by atoms with Gasteiger partial charge in [-0.25, -0.2) is 9.59 Å². The highest BCUT2D eigenvalue weighted by atomic mass is 19.4. The molecule has 3 N–H and O–H groups in total. The maximum atomic E-state index is 13.0. The van der Waals surface area contributed by atoms with Gasteiger partial charge in [-0.05, 0) is 52.9 Å². The SMILES string of the molecule is COc1cccc(CN2Cc3ccccc3C23COC(C(=O)NCCc2ccncc2)C3)c1.O=C(O)C(F)(F)F.O=C(O)C(F)(F)F. The molecule has 1 saturated heterocycles. The predicted molar refractivity (Wildman–Crippen MR) is 153 cm³/mol. The fraction of sp³-hybridized carbons (Fsp3) is 0.355. The normalized spacial score (nSPS) is 18.7. The molecule has 2 aliphatic rings. The number of methoxy groups -OCH3 is 1. The van der Waals surface area contributed by atoms with Crippen molar-refractivity contribution in [3.05, 3.63) is 95.3 Å². The molecule has 0 aliphatic carbocycles. The summed E-state index contributed by atoms with van der Waals surface area (Å²) in [6, 6.07) is 20.7. The topological polar surface area (TPSA) is 138 Å². The molecule has 1 spiro atoms. The number of carbonyl (C=O) groups excluding carboxylic acids is 1. The Kier molecular flexibility index (Phi) is 12.3. The van der Waals surface area contributed by atoms with Crippen LogP contribution in [0.4, 0.5) is 26.3 Å². The summed E-state index contributed by atoms with van der Waals surface area (Å²) in [6.45, 7) is 2.70. The number of rotatable bonds is 7. The Morgan fingerprint density at radius 2 is 1.57 bits per heavy atom. The van der Waals surface area contributed by atoms with Gasteiger partial charge in [-0.3, -0.25) is 14.7 Å². The Morgan fingerprint density at radius 1 is 0.957 bits per heavy atom. The highest BCUT2D eigenvalue weighted by Gasteiger charge is 2.52. The Labute approximate surface area is 264 Å². The van der Waals surface area contributed by atoms with Crippen molar-refractivity contribution in [3.63, 3.8) is 0 Å². The highest BCUT2D eigenvalue weighted by molar-refractivity contribution is 5.81. The molecule has 0 saturated carbocycles. The lowest BCUT2D eigenvalue weighted by atomic mass is 9.86. The van der Waals surface area contributed by atoms with E-state index in [2.05, 4.69) is 51.6 Å². The number of aromatic nitrogens is 1. The number of halogens is 6. The van der Waals surface area contributed by atoms with Gasteiger partial charge in [0.25, 0.3) is 0 Å². The number of ether oxygens (including phenoxy) is 2. The second-order valence-corrected chi connectivity index (χ2v) is 10.4. The first kappa shape index (κ1) is 36.8. The van der Waals surface area contributed by atoms with E-state index in [1.165, 1.54) is 16.7 Å². The third-order valence-corrected chi connectivity index (χ3v) is 7.28. The second kappa shape index (κ2) is 15.7. The van der Waals surface area contributed by atoms with Crippen molar-refractivity contribution in [2.24, 2.45) is 0 Å². The van der Waals surface area contributed by atoms with Gasteiger partial charge in [0, 0.05) is 38.4 Å². The molecule has 5 rings (SSSR count). The van der Waals surface area contributed by atoms with Crippen LogP contribution in [0, 0.1) is 0 Å². The fourth-order valence-corrected chi connectivity index (χ4v) is 5.07. The van der Waals surface area contributed by atoms with E-state index in [1.54, 1.807) is 19.5 Å². The van der Waals surface area contributed by atoms with E-state index in [0.29, 0.717) is 19.6 Å². The van der Waals surface area contributed by atoms with Crippen LogP contribution in [0.2, 0.25) is 0 Å². The van der Waals surface area contributed by atoms with Gasteiger partial charge in [-0.2, -0.15) is 26.3 Å². The number of fused-ring (bicyclic) bond motifs is 2. The van der Waals surface area contributed by atoms with Crippen LogP contribution in [0.1, 0.15) is 28.7 Å². The first-order valence-corrected chi connectivity index (χ1v) is 13.9. The molecule has 47 heavy (non-hydrogen) atoms. The van der Waals surface area contributed by atoms with Gasteiger partial charge in [-0.1, -0.05) is 36.4 Å². The third-order valence-electron chi connectivity index (χ3n) is 7.28. The van der Waals surface area contributed by atoms with Gasteiger partial charge in [0.05, 0.1) is 19.3 Å². The fourth-order valence-electron chi connectivity index (χ4n) is 5.07. The predicted octanol–water partition coefficient (Wildman–Crippen LogP) is 4.72. The number of benzene rings is 2.